The Balaban J connectivity index is 1.86. The average Bonchev–Trinajstić information content (AvgIpc) is 3.10. The van der Waals surface area contributed by atoms with Crippen LogP contribution in [0.3, 0.4) is 0 Å². The van der Waals surface area contributed by atoms with Gasteiger partial charge in [-0.15, -0.1) is 10.2 Å². The second-order valence-corrected chi connectivity index (χ2v) is 4.66. The van der Waals surface area contributed by atoms with Gasteiger partial charge in [-0.2, -0.15) is 13.9 Å². The van der Waals surface area contributed by atoms with Crippen LogP contribution in [-0.4, -0.2) is 25.0 Å². The minimum Gasteiger partial charge on any atom is -0.415 e. The molecule has 0 bridgehead atoms. The highest BCUT2D eigenvalue weighted by molar-refractivity contribution is 5.50. The molecule has 0 fully saturated rings. The summed E-state index contributed by atoms with van der Waals surface area (Å²) in [7, 11) is 0. The Morgan fingerprint density at radius 2 is 2.18 bits per heavy atom. The first-order valence-corrected chi connectivity index (χ1v) is 6.36. The second kappa shape index (κ2) is 5.51. The highest BCUT2D eigenvalue weighted by Crippen LogP contribution is 2.22. The Labute approximate surface area is 122 Å². The van der Waals surface area contributed by atoms with Gasteiger partial charge < -0.3 is 8.98 Å². The fraction of sp³-hybridized carbons (Fsp3) is 0.231. The first kappa shape index (κ1) is 14.1. The summed E-state index contributed by atoms with van der Waals surface area (Å²) >= 11 is 0. The van der Waals surface area contributed by atoms with Crippen LogP contribution in [-0.2, 0) is 6.54 Å². The van der Waals surface area contributed by atoms with Crippen molar-refractivity contribution in [2.24, 2.45) is 0 Å². The van der Waals surface area contributed by atoms with Gasteiger partial charge in [-0.1, -0.05) is 0 Å². The van der Waals surface area contributed by atoms with Gasteiger partial charge in [0, 0.05) is 17.8 Å². The number of aromatic nitrogens is 5. The number of halogens is 2. The number of H-pyrrole nitrogens is 1. The van der Waals surface area contributed by atoms with Crippen LogP contribution in [0.25, 0.3) is 11.5 Å². The third-order valence-corrected chi connectivity index (χ3v) is 2.97. The SMILES string of the molecule is Cc1cc(Cn2ccc(-c3nnc(C(F)F)o3)cc2=O)[nH]n1. The maximum atomic E-state index is 12.4. The van der Waals surface area contributed by atoms with E-state index in [-0.39, 0.29) is 11.4 Å². The molecule has 0 aliphatic rings. The summed E-state index contributed by atoms with van der Waals surface area (Å²) < 4.78 is 31.1. The summed E-state index contributed by atoms with van der Waals surface area (Å²) in [5, 5.41) is 13.5. The molecule has 0 aliphatic heterocycles. The topological polar surface area (TPSA) is 89.6 Å². The van der Waals surface area contributed by atoms with Crippen LogP contribution in [0.15, 0.2) is 33.6 Å². The maximum Gasteiger partial charge on any atom is 0.314 e. The Bertz CT molecular complexity index is 852. The third kappa shape index (κ3) is 2.78. The zero-order valence-electron chi connectivity index (χ0n) is 11.5. The van der Waals surface area contributed by atoms with Gasteiger partial charge in [-0.05, 0) is 19.1 Å². The van der Waals surface area contributed by atoms with E-state index in [1.54, 1.807) is 6.07 Å². The van der Waals surface area contributed by atoms with Crippen molar-refractivity contribution in [2.75, 3.05) is 0 Å². The zero-order chi connectivity index (χ0) is 15.7. The van der Waals surface area contributed by atoms with Crippen molar-refractivity contribution >= 4 is 0 Å². The molecule has 114 valence electrons. The lowest BCUT2D eigenvalue weighted by atomic mass is 10.2. The normalized spacial score (nSPS) is 11.3. The molecule has 0 aromatic carbocycles. The summed E-state index contributed by atoms with van der Waals surface area (Å²) in [5.74, 6) is -0.885. The van der Waals surface area contributed by atoms with Crippen LogP contribution in [0.2, 0.25) is 0 Å². The summed E-state index contributed by atoms with van der Waals surface area (Å²) in [6.07, 6.45) is -1.31. The molecule has 3 rings (SSSR count). The molecule has 7 nitrogen and oxygen atoms in total. The lowest BCUT2D eigenvalue weighted by Crippen LogP contribution is -2.19. The van der Waals surface area contributed by atoms with Crippen LogP contribution in [0, 0.1) is 6.92 Å². The van der Waals surface area contributed by atoms with Gasteiger partial charge in [-0.3, -0.25) is 9.89 Å². The van der Waals surface area contributed by atoms with Crippen molar-refractivity contribution in [1.29, 1.82) is 0 Å². The molecule has 9 heteroatoms. The number of nitrogens with zero attached hydrogens (tertiary/aromatic N) is 4. The molecule has 3 aromatic rings. The molecule has 0 saturated heterocycles. The van der Waals surface area contributed by atoms with E-state index in [0.717, 1.165) is 11.4 Å². The van der Waals surface area contributed by atoms with Gasteiger partial charge in [0.2, 0.25) is 5.89 Å². The van der Waals surface area contributed by atoms with Crippen molar-refractivity contribution in [3.8, 4) is 11.5 Å². The number of aryl methyl sites for hydroxylation is 1. The van der Waals surface area contributed by atoms with Crippen molar-refractivity contribution in [2.45, 2.75) is 19.9 Å². The van der Waals surface area contributed by atoms with Crippen molar-refractivity contribution in [3.05, 3.63) is 52.0 Å². The van der Waals surface area contributed by atoms with E-state index >= 15 is 0 Å². The molecular weight excluding hydrogens is 296 g/mol. The lowest BCUT2D eigenvalue weighted by Gasteiger charge is -2.03. The number of rotatable bonds is 4. The lowest BCUT2D eigenvalue weighted by molar-refractivity contribution is 0.116. The molecule has 0 spiro atoms. The molecule has 0 radical (unpaired) electrons. The summed E-state index contributed by atoms with van der Waals surface area (Å²) in [5.41, 5.74) is 1.58. The number of hydrogen-bond donors (Lipinski definition) is 1. The van der Waals surface area contributed by atoms with E-state index in [4.69, 9.17) is 4.42 Å². The number of alkyl halides is 2. The van der Waals surface area contributed by atoms with E-state index in [1.807, 2.05) is 13.0 Å². The average molecular weight is 307 g/mol. The highest BCUT2D eigenvalue weighted by atomic mass is 19.3. The van der Waals surface area contributed by atoms with Crippen LogP contribution in [0.5, 0.6) is 0 Å². The summed E-state index contributed by atoms with van der Waals surface area (Å²) in [6.45, 7) is 2.16. The smallest absolute Gasteiger partial charge is 0.314 e. The highest BCUT2D eigenvalue weighted by Gasteiger charge is 2.17. The van der Waals surface area contributed by atoms with Crippen LogP contribution >= 0.6 is 0 Å². The molecule has 0 saturated carbocycles. The maximum absolute atomic E-state index is 12.4. The van der Waals surface area contributed by atoms with Gasteiger partial charge in [0.05, 0.1) is 17.9 Å². The predicted molar refractivity (Wildman–Crippen MR) is 71.4 cm³/mol. The molecular formula is C13H11F2N5O2. The van der Waals surface area contributed by atoms with Crippen LogP contribution in [0.1, 0.15) is 23.7 Å². The first-order valence-electron chi connectivity index (χ1n) is 6.36. The van der Waals surface area contributed by atoms with Crippen molar-refractivity contribution in [3.63, 3.8) is 0 Å². The van der Waals surface area contributed by atoms with E-state index in [2.05, 4.69) is 20.4 Å². The number of hydrogen-bond acceptors (Lipinski definition) is 5. The Kier molecular flexibility index (Phi) is 3.53. The minimum atomic E-state index is -2.84. The van der Waals surface area contributed by atoms with Crippen LogP contribution < -0.4 is 5.56 Å². The zero-order valence-corrected chi connectivity index (χ0v) is 11.5. The molecule has 0 aliphatic carbocycles. The monoisotopic (exact) mass is 307 g/mol. The van der Waals surface area contributed by atoms with E-state index in [9.17, 15) is 13.6 Å². The largest absolute Gasteiger partial charge is 0.415 e. The fourth-order valence-electron chi connectivity index (χ4n) is 1.95. The van der Waals surface area contributed by atoms with Gasteiger partial charge in [0.25, 0.3) is 11.4 Å². The third-order valence-electron chi connectivity index (χ3n) is 2.97. The van der Waals surface area contributed by atoms with Gasteiger partial charge >= 0.3 is 6.43 Å². The molecule has 3 aromatic heterocycles. The standard InChI is InChI=1S/C13H11F2N5O2/c1-7-4-9(17-16-7)6-20-3-2-8(5-10(20)21)12-18-19-13(22-12)11(14)15/h2-5,11H,6H2,1H3,(H,16,17). The molecule has 0 amide bonds. The van der Waals surface area contributed by atoms with E-state index in [1.165, 1.54) is 16.8 Å². The van der Waals surface area contributed by atoms with Crippen LogP contribution in [0.4, 0.5) is 8.78 Å². The van der Waals surface area contributed by atoms with Crippen molar-refractivity contribution < 1.29 is 13.2 Å². The van der Waals surface area contributed by atoms with Gasteiger partial charge in [0.1, 0.15) is 0 Å². The Hall–Kier alpha value is -2.84. The molecule has 0 unspecified atom stereocenters. The number of nitrogens with one attached hydrogen (secondary N) is 1. The molecule has 22 heavy (non-hydrogen) atoms. The molecule has 0 atom stereocenters. The molecule has 1 N–H and O–H groups in total. The van der Waals surface area contributed by atoms with Gasteiger partial charge in [-0.25, -0.2) is 0 Å². The summed E-state index contributed by atoms with van der Waals surface area (Å²) in [6, 6.07) is 4.63. The van der Waals surface area contributed by atoms with Gasteiger partial charge in [0.15, 0.2) is 0 Å². The fourth-order valence-corrected chi connectivity index (χ4v) is 1.95. The Morgan fingerprint density at radius 3 is 2.77 bits per heavy atom. The van der Waals surface area contributed by atoms with Crippen molar-refractivity contribution in [1.82, 2.24) is 25.0 Å². The second-order valence-electron chi connectivity index (χ2n) is 4.66. The summed E-state index contributed by atoms with van der Waals surface area (Å²) in [4.78, 5) is 12.1. The van der Waals surface area contributed by atoms with E-state index in [0.29, 0.717) is 12.1 Å². The number of aromatic amines is 1. The quantitative estimate of drug-likeness (QED) is 0.795. The van der Waals surface area contributed by atoms with E-state index < -0.39 is 12.3 Å². The Morgan fingerprint density at radius 1 is 1.36 bits per heavy atom. The first-order chi connectivity index (χ1) is 10.5. The minimum absolute atomic E-state index is 0.114. The number of pyridine rings is 1. The predicted octanol–water partition coefficient (Wildman–Crippen LogP) is 1.92. The molecule has 3 heterocycles.